The average molecular weight is 507 g/mol. The Balaban J connectivity index is 1.73. The van der Waals surface area contributed by atoms with Crippen LogP contribution in [-0.2, 0) is 29.5 Å². The van der Waals surface area contributed by atoms with E-state index in [2.05, 4.69) is 15.0 Å². The number of carbonyl (C=O) groups is 1. The molecule has 2 heterocycles. The molecule has 0 spiro atoms. The number of aromatic carboxylic acids is 1. The van der Waals surface area contributed by atoms with E-state index in [0.29, 0.717) is 11.4 Å². The van der Waals surface area contributed by atoms with E-state index in [1.165, 1.54) is 13.1 Å². The fourth-order valence-corrected chi connectivity index (χ4v) is 6.36. The number of carboxylic acid groups (broad SMARTS) is 1. The second-order valence-electron chi connectivity index (χ2n) is 8.00. The van der Waals surface area contributed by atoms with Crippen LogP contribution in [0.15, 0.2) is 34.2 Å². The number of hydrogen-bond donors (Lipinski definition) is 1. The lowest BCUT2D eigenvalue weighted by Gasteiger charge is -2.26. The predicted molar refractivity (Wildman–Crippen MR) is 124 cm³/mol. The smallest absolute Gasteiger partial charge is 0.356 e. The number of alkyl halides is 1. The third kappa shape index (κ3) is 5.02. The van der Waals surface area contributed by atoms with Crippen molar-refractivity contribution < 1.29 is 27.4 Å². The molecule has 180 valence electrons. The van der Waals surface area contributed by atoms with Crippen molar-refractivity contribution in [1.29, 1.82) is 0 Å². The first-order chi connectivity index (χ1) is 16.1. The van der Waals surface area contributed by atoms with E-state index < -0.39 is 28.7 Å². The van der Waals surface area contributed by atoms with Gasteiger partial charge >= 0.3 is 5.97 Å². The first-order valence-corrected chi connectivity index (χ1v) is 12.9. The van der Waals surface area contributed by atoms with E-state index in [0.717, 1.165) is 52.2 Å². The first kappa shape index (κ1) is 24.0. The number of halogens is 1. The van der Waals surface area contributed by atoms with Crippen molar-refractivity contribution in [3.8, 4) is 5.75 Å². The van der Waals surface area contributed by atoms with Gasteiger partial charge in [-0.1, -0.05) is 0 Å². The molecule has 34 heavy (non-hydrogen) atoms. The number of fused-ring (bicyclic) bond motifs is 1. The van der Waals surface area contributed by atoms with Gasteiger partial charge in [-0.25, -0.2) is 19.2 Å². The number of nitrogens with zero attached hydrogens (tertiary/aromatic N) is 4. The van der Waals surface area contributed by atoms with Crippen LogP contribution in [-0.4, -0.2) is 47.2 Å². The highest BCUT2D eigenvalue weighted by molar-refractivity contribution is 7.94. The molecule has 1 aliphatic rings. The van der Waals surface area contributed by atoms with Crippen LogP contribution in [0.4, 0.5) is 10.1 Å². The maximum absolute atomic E-state index is 14.2. The van der Waals surface area contributed by atoms with Crippen molar-refractivity contribution >= 4 is 33.0 Å². The predicted octanol–water partition coefficient (Wildman–Crippen LogP) is 3.56. The van der Waals surface area contributed by atoms with Crippen LogP contribution in [0.2, 0.25) is 0 Å². The molecule has 1 aliphatic carbocycles. The van der Waals surface area contributed by atoms with Gasteiger partial charge in [0.2, 0.25) is 4.34 Å². The molecule has 0 amide bonds. The standard InChI is InChI=1S/C22H23FN4O5S2/c1-13(23)10-27(34(30,31)22-26-14(2)12-33-22)19-6-15-4-3-5-16(15)7-20(19)32-11-17-8-25-18(9-24-17)21(28)29/h6-9,12-13H,3-5,10-11H2,1-2H3,(H,28,29). The molecule has 12 heteroatoms. The zero-order valence-electron chi connectivity index (χ0n) is 18.6. The molecule has 1 N–H and O–H groups in total. The molecule has 2 aromatic heterocycles. The summed E-state index contributed by atoms with van der Waals surface area (Å²) in [7, 11) is -4.14. The molecule has 0 radical (unpaired) electrons. The van der Waals surface area contributed by atoms with Gasteiger partial charge in [0.05, 0.1) is 30.3 Å². The Labute approximate surface area is 200 Å². The van der Waals surface area contributed by atoms with Crippen molar-refractivity contribution in [2.45, 2.75) is 50.2 Å². The summed E-state index contributed by atoms with van der Waals surface area (Å²) in [6, 6.07) is 3.53. The number of hydrogen-bond acceptors (Lipinski definition) is 8. The van der Waals surface area contributed by atoms with Crippen molar-refractivity contribution in [3.05, 3.63) is 58.1 Å². The molecule has 0 bridgehead atoms. The summed E-state index contributed by atoms with van der Waals surface area (Å²) >= 11 is 0.982. The Morgan fingerprint density at radius 1 is 1.26 bits per heavy atom. The minimum Gasteiger partial charge on any atom is -0.485 e. The molecule has 3 aromatic rings. The quantitative estimate of drug-likeness (QED) is 0.467. The van der Waals surface area contributed by atoms with Crippen LogP contribution < -0.4 is 9.04 Å². The molecule has 9 nitrogen and oxygen atoms in total. The monoisotopic (exact) mass is 506 g/mol. The average Bonchev–Trinajstić information content (AvgIpc) is 3.44. The van der Waals surface area contributed by atoms with Gasteiger partial charge in [0.25, 0.3) is 10.0 Å². The number of anilines is 1. The van der Waals surface area contributed by atoms with Gasteiger partial charge in [-0.2, -0.15) is 8.42 Å². The number of rotatable bonds is 9. The molecule has 4 rings (SSSR count). The van der Waals surface area contributed by atoms with Gasteiger partial charge in [0.15, 0.2) is 5.69 Å². The summed E-state index contributed by atoms with van der Waals surface area (Å²) < 4.78 is 48.0. The first-order valence-electron chi connectivity index (χ1n) is 10.6. The van der Waals surface area contributed by atoms with Crippen molar-refractivity contribution in [3.63, 3.8) is 0 Å². The zero-order chi connectivity index (χ0) is 24.5. The molecule has 1 atom stereocenters. The highest BCUT2D eigenvalue weighted by Crippen LogP contribution is 2.39. The largest absolute Gasteiger partial charge is 0.485 e. The summed E-state index contributed by atoms with van der Waals surface area (Å²) in [5.41, 5.74) is 2.99. The van der Waals surface area contributed by atoms with E-state index in [-0.39, 0.29) is 28.1 Å². The van der Waals surface area contributed by atoms with Crippen molar-refractivity contribution in [2.75, 3.05) is 10.8 Å². The van der Waals surface area contributed by atoms with Crippen LogP contribution in [0.3, 0.4) is 0 Å². The lowest BCUT2D eigenvalue weighted by atomic mass is 10.1. The number of sulfonamides is 1. The summed E-state index contributed by atoms with van der Waals surface area (Å²) in [5, 5.41) is 10.6. The van der Waals surface area contributed by atoms with Crippen molar-refractivity contribution in [2.24, 2.45) is 0 Å². The molecule has 0 saturated carbocycles. The summed E-state index contributed by atoms with van der Waals surface area (Å²) in [4.78, 5) is 23.0. The molecular weight excluding hydrogens is 483 g/mol. The van der Waals surface area contributed by atoms with Crippen molar-refractivity contribution in [1.82, 2.24) is 15.0 Å². The minimum atomic E-state index is -4.14. The maximum Gasteiger partial charge on any atom is 0.356 e. The fraction of sp³-hybridized carbons (Fsp3) is 0.364. The Bertz CT molecular complexity index is 1310. The van der Waals surface area contributed by atoms with E-state index in [1.807, 2.05) is 0 Å². The maximum atomic E-state index is 14.2. The number of ether oxygens (including phenoxy) is 1. The topological polar surface area (TPSA) is 123 Å². The van der Waals surface area contributed by atoms with Crippen LogP contribution in [0.1, 0.15) is 46.3 Å². The van der Waals surface area contributed by atoms with Gasteiger partial charge in [-0.3, -0.25) is 9.29 Å². The molecule has 0 fully saturated rings. The van der Waals surface area contributed by atoms with E-state index >= 15 is 0 Å². The Morgan fingerprint density at radius 2 is 2.00 bits per heavy atom. The number of benzene rings is 1. The van der Waals surface area contributed by atoms with Gasteiger partial charge in [0.1, 0.15) is 18.5 Å². The van der Waals surface area contributed by atoms with Gasteiger partial charge in [-0.05, 0) is 56.4 Å². The normalized spacial score (nSPS) is 14.0. The fourth-order valence-electron chi connectivity index (χ4n) is 3.69. The van der Waals surface area contributed by atoms with Gasteiger partial charge in [-0.15, -0.1) is 11.3 Å². The van der Waals surface area contributed by atoms with Gasteiger partial charge < -0.3 is 9.84 Å². The van der Waals surface area contributed by atoms with Gasteiger partial charge in [0, 0.05) is 11.1 Å². The zero-order valence-corrected chi connectivity index (χ0v) is 20.2. The van der Waals surface area contributed by atoms with Crippen LogP contribution in [0.5, 0.6) is 5.75 Å². The molecule has 1 unspecified atom stereocenters. The van der Waals surface area contributed by atoms with Crippen LogP contribution in [0.25, 0.3) is 0 Å². The molecule has 0 saturated heterocycles. The Morgan fingerprint density at radius 3 is 2.59 bits per heavy atom. The lowest BCUT2D eigenvalue weighted by molar-refractivity contribution is 0.0689. The Kier molecular flexibility index (Phi) is 6.80. The summed E-state index contributed by atoms with van der Waals surface area (Å²) in [6.07, 6.45) is 3.52. The molecule has 1 aromatic carbocycles. The number of thiazole rings is 1. The van der Waals surface area contributed by atoms with E-state index in [4.69, 9.17) is 9.84 Å². The third-order valence-corrected chi connectivity index (χ3v) is 8.40. The number of aromatic nitrogens is 3. The molecular formula is C22H23FN4O5S2. The SMILES string of the molecule is Cc1csc(S(=O)(=O)N(CC(C)F)c2cc3c(cc2OCc2cnc(C(=O)O)cn2)CCC3)n1. The minimum absolute atomic E-state index is 0.0753. The second kappa shape index (κ2) is 9.63. The van der Waals surface area contributed by atoms with E-state index in [1.54, 1.807) is 24.4 Å². The summed E-state index contributed by atoms with van der Waals surface area (Å²) in [6.45, 7) is 2.51. The highest BCUT2D eigenvalue weighted by Gasteiger charge is 2.32. The number of aryl methyl sites for hydroxylation is 3. The molecule has 0 aliphatic heterocycles. The van der Waals surface area contributed by atoms with E-state index in [9.17, 15) is 17.6 Å². The second-order valence-corrected chi connectivity index (χ2v) is 10.9. The van der Waals surface area contributed by atoms with Crippen LogP contribution in [0, 0.1) is 6.92 Å². The number of carboxylic acids is 1. The summed E-state index contributed by atoms with van der Waals surface area (Å²) in [5.74, 6) is -0.929. The highest BCUT2D eigenvalue weighted by atomic mass is 32.2. The lowest BCUT2D eigenvalue weighted by Crippen LogP contribution is -2.36. The third-order valence-electron chi connectivity index (χ3n) is 5.27. The van der Waals surface area contributed by atoms with Crippen LogP contribution >= 0.6 is 11.3 Å². The Hall–Kier alpha value is -3.12.